The monoisotopic (exact) mass is 664 g/mol. The van der Waals surface area contributed by atoms with Gasteiger partial charge in [-0.25, -0.2) is 0 Å². The Labute approximate surface area is 270 Å². The van der Waals surface area contributed by atoms with Gasteiger partial charge in [-0.05, 0) is 67.4 Å². The standard InChI is InChI=1S/C26H34O2.6CO.2Co/c1-26(2)21-15-14-20(23(26)17-21)18-28-25(16-13-19-9-5-3-6-10-19)22-11-7-4-8-12-24(22)27;6*1-2;;/h3,5-6,9-10,20-23,25H,4,7-8,11-12,14-15,17-18H2,1-2H3;;;;;;;;/t20-,21+,22?,23+,25?;;;;;;;;/m1......../s1. The van der Waals surface area contributed by atoms with Gasteiger partial charge in [0, 0.05) is 45.5 Å². The number of rotatable bonds is 4. The van der Waals surface area contributed by atoms with Gasteiger partial charge in [0.25, 0.3) is 0 Å². The fourth-order valence-electron chi connectivity index (χ4n) is 5.83. The van der Waals surface area contributed by atoms with Gasteiger partial charge in [0.15, 0.2) is 0 Å². The molecule has 4 aliphatic carbocycles. The van der Waals surface area contributed by atoms with Crippen molar-refractivity contribution in [2.75, 3.05) is 6.61 Å². The maximum Gasteiger partial charge on any atom is 0 e. The summed E-state index contributed by atoms with van der Waals surface area (Å²) in [5, 5.41) is 0. The van der Waals surface area contributed by atoms with Gasteiger partial charge in [0.05, 0.1) is 12.5 Å². The molecule has 10 heteroatoms. The van der Waals surface area contributed by atoms with Crippen LogP contribution in [0.1, 0.15) is 70.8 Å². The summed E-state index contributed by atoms with van der Waals surface area (Å²) in [4.78, 5) is 12.7. The number of benzene rings is 1. The number of ketones is 1. The van der Waals surface area contributed by atoms with E-state index >= 15 is 0 Å². The third-order valence-electron chi connectivity index (χ3n) is 7.84. The van der Waals surface area contributed by atoms with Gasteiger partial charge in [-0.3, -0.25) is 4.79 Å². The van der Waals surface area contributed by atoms with E-state index in [0.717, 1.165) is 49.7 Å². The van der Waals surface area contributed by atoms with E-state index in [2.05, 4.69) is 65.6 Å². The van der Waals surface area contributed by atoms with Crippen LogP contribution in [0, 0.1) is 80.8 Å². The molecule has 0 aliphatic heterocycles. The number of fused-ring (bicyclic) bond motifs is 2. The molecule has 2 unspecified atom stereocenters. The first kappa shape index (κ1) is 49.5. The van der Waals surface area contributed by atoms with E-state index in [1.165, 1.54) is 19.3 Å². The predicted octanol–water partition coefficient (Wildman–Crippen LogP) is 5.41. The minimum absolute atomic E-state index is 0. The van der Waals surface area contributed by atoms with Crippen molar-refractivity contribution < 1.29 is 71.0 Å². The largest absolute Gasteiger partial charge is 0 e. The van der Waals surface area contributed by atoms with Gasteiger partial charge in [-0.1, -0.05) is 56.7 Å². The molecule has 228 valence electrons. The summed E-state index contributed by atoms with van der Waals surface area (Å²) < 4.78 is 51.5. The van der Waals surface area contributed by atoms with Gasteiger partial charge in [-0.2, -0.15) is 0 Å². The summed E-state index contributed by atoms with van der Waals surface area (Å²) in [7, 11) is 0. The van der Waals surface area contributed by atoms with Crippen LogP contribution in [0.3, 0.4) is 0 Å². The first-order valence-corrected chi connectivity index (χ1v) is 12.5. The van der Waals surface area contributed by atoms with Crippen molar-refractivity contribution in [3.8, 4) is 11.8 Å². The molecule has 0 spiro atoms. The Morgan fingerprint density at radius 2 is 1.38 bits per heavy atom. The molecule has 5 rings (SSSR count). The molecule has 2 radical (unpaired) electrons. The van der Waals surface area contributed by atoms with Gasteiger partial charge in [0.1, 0.15) is 11.9 Å². The van der Waals surface area contributed by atoms with E-state index in [-0.39, 0.29) is 45.6 Å². The van der Waals surface area contributed by atoms with Crippen molar-refractivity contribution in [2.24, 2.45) is 29.1 Å². The van der Waals surface area contributed by atoms with Gasteiger partial charge < -0.3 is 4.74 Å². The van der Waals surface area contributed by atoms with E-state index < -0.39 is 0 Å². The Kier molecular flexibility index (Phi) is 37.5. The Bertz CT molecular complexity index is 967. The molecule has 4 aliphatic rings. The smallest absolute Gasteiger partial charge is 0 e. The number of carbonyl (C=O) groups excluding carboxylic acids is 1. The fourth-order valence-corrected chi connectivity index (χ4v) is 5.83. The first-order valence-electron chi connectivity index (χ1n) is 12.5. The van der Waals surface area contributed by atoms with Crippen LogP contribution in [0.15, 0.2) is 30.3 Å². The summed E-state index contributed by atoms with van der Waals surface area (Å²) in [6.07, 6.45) is 8.62. The van der Waals surface area contributed by atoms with Gasteiger partial charge >= 0.3 is 67.8 Å². The van der Waals surface area contributed by atoms with Crippen molar-refractivity contribution >= 4 is 5.78 Å². The minimum Gasteiger partial charge on any atom is 0 e. The topological polar surface area (TPSA) is 146 Å². The predicted molar refractivity (Wildman–Crippen MR) is 136 cm³/mol. The van der Waals surface area contributed by atoms with Crippen LogP contribution >= 0.6 is 0 Å². The SMILES string of the molecule is CC1(C)[C@H]2CC[C@H](COC(C#Cc3ccccc3)C3CCCCCC3=O)[C@@H]1C2.[C-]#[O+].[C-]#[O+].[C-]#[O+].[C-]#[O+].[C-]#[O+].[C-]#[O+].[Co].[Co]. The van der Waals surface area contributed by atoms with Crippen LogP contribution in [-0.2, 0) is 71.0 Å². The molecule has 8 nitrogen and oxygen atoms in total. The quantitative estimate of drug-likeness (QED) is 0.183. The number of hydrogen-bond donors (Lipinski definition) is 0. The molecule has 4 saturated carbocycles. The Morgan fingerprint density at radius 3 is 1.88 bits per heavy atom. The van der Waals surface area contributed by atoms with Crippen LogP contribution in [0.25, 0.3) is 0 Å². The van der Waals surface area contributed by atoms with Crippen molar-refractivity contribution in [3.63, 3.8) is 0 Å². The van der Waals surface area contributed by atoms with Crippen LogP contribution < -0.4 is 0 Å². The zero-order valence-corrected chi connectivity index (χ0v) is 25.7. The van der Waals surface area contributed by atoms with E-state index in [1.807, 2.05) is 30.3 Å². The van der Waals surface area contributed by atoms with Crippen LogP contribution in [0.5, 0.6) is 0 Å². The number of hydrogen-bond acceptors (Lipinski definition) is 2. The molecule has 5 atom stereocenters. The third kappa shape index (κ3) is 15.9. The fraction of sp³-hybridized carbons (Fsp3) is 0.531. The molecule has 0 aromatic heterocycles. The minimum atomic E-state index is -0.258. The number of Topliss-reactive ketones (excluding diaryl/α,β-unsaturated/α-hetero) is 1. The molecule has 1 aromatic rings. The van der Waals surface area contributed by atoms with Crippen LogP contribution in [-0.4, -0.2) is 18.5 Å². The zero-order chi connectivity index (χ0) is 31.6. The number of ether oxygens (including phenoxy) is 1. The van der Waals surface area contributed by atoms with E-state index in [4.69, 9.17) is 32.6 Å². The second kappa shape index (κ2) is 31.8. The molecule has 0 heterocycles. The molecule has 0 N–H and O–H groups in total. The van der Waals surface area contributed by atoms with Crippen molar-refractivity contribution in [2.45, 2.75) is 71.3 Å². The maximum atomic E-state index is 12.7. The van der Waals surface area contributed by atoms with Crippen LogP contribution in [0.4, 0.5) is 0 Å². The van der Waals surface area contributed by atoms with Crippen molar-refractivity contribution in [1.29, 1.82) is 0 Å². The van der Waals surface area contributed by atoms with Crippen molar-refractivity contribution in [3.05, 3.63) is 75.8 Å². The third-order valence-corrected chi connectivity index (χ3v) is 7.84. The molecular weight excluding hydrogens is 630 g/mol. The van der Waals surface area contributed by atoms with Crippen molar-refractivity contribution in [1.82, 2.24) is 0 Å². The summed E-state index contributed by atoms with van der Waals surface area (Å²) in [6, 6.07) is 10.1. The zero-order valence-electron chi connectivity index (χ0n) is 23.6. The maximum absolute atomic E-state index is 12.7. The molecule has 0 amide bonds. The van der Waals surface area contributed by atoms with Crippen LogP contribution in [0.2, 0.25) is 0 Å². The summed E-state index contributed by atoms with van der Waals surface area (Å²) >= 11 is 0. The average molecular weight is 664 g/mol. The Morgan fingerprint density at radius 1 is 0.833 bits per heavy atom. The second-order valence-electron chi connectivity index (χ2n) is 9.76. The van der Waals surface area contributed by atoms with E-state index in [1.54, 1.807) is 0 Å². The Hall–Kier alpha value is -2.14. The molecule has 2 bridgehead atoms. The molecule has 4 fully saturated rings. The molecule has 1 aromatic carbocycles. The first-order chi connectivity index (χ1) is 19.6. The molecule has 42 heavy (non-hydrogen) atoms. The normalized spacial score (nSPS) is 21.9. The summed E-state index contributed by atoms with van der Waals surface area (Å²) in [5.41, 5.74) is 1.47. The molecular formula is C32H34Co2O8. The average Bonchev–Trinajstić information content (AvgIpc) is 3.27. The van der Waals surface area contributed by atoms with E-state index in [9.17, 15) is 4.79 Å². The molecule has 0 saturated heterocycles. The van der Waals surface area contributed by atoms with Gasteiger partial charge in [-0.15, -0.1) is 0 Å². The Balaban J connectivity index is -0.000000292. The summed E-state index contributed by atoms with van der Waals surface area (Å²) in [5.74, 6) is 9.26. The van der Waals surface area contributed by atoms with Gasteiger partial charge in [0.2, 0.25) is 0 Å². The second-order valence-corrected chi connectivity index (χ2v) is 9.76. The van der Waals surface area contributed by atoms with E-state index in [0.29, 0.717) is 23.5 Å². The summed E-state index contributed by atoms with van der Waals surface area (Å²) in [6.45, 7) is 32.6. The number of carbonyl (C=O) groups is 1.